The van der Waals surface area contributed by atoms with Crippen molar-refractivity contribution < 1.29 is 18.3 Å². The zero-order valence-electron chi connectivity index (χ0n) is 15.5. The summed E-state index contributed by atoms with van der Waals surface area (Å²) in [6.45, 7) is 3.44. The Morgan fingerprint density at radius 2 is 1.93 bits per heavy atom. The lowest BCUT2D eigenvalue weighted by Gasteiger charge is -2.08. The Morgan fingerprint density at radius 3 is 2.64 bits per heavy atom. The number of hydrogen-bond donors (Lipinski definition) is 1. The Kier molecular flexibility index (Phi) is 5.84. The highest BCUT2D eigenvalue weighted by molar-refractivity contribution is 6.00. The molecule has 1 N–H and O–H groups in total. The summed E-state index contributed by atoms with van der Waals surface area (Å²) in [5.41, 5.74) is 4.53. The molecular weight excluding hydrogens is 363 g/mol. The van der Waals surface area contributed by atoms with Gasteiger partial charge in [0.15, 0.2) is 6.61 Å². The molecule has 1 amide bonds. The van der Waals surface area contributed by atoms with Crippen molar-refractivity contribution in [1.82, 2.24) is 5.43 Å². The highest BCUT2D eigenvalue weighted by Crippen LogP contribution is 2.22. The molecule has 0 bridgehead atoms. The van der Waals surface area contributed by atoms with E-state index >= 15 is 0 Å². The molecule has 3 aromatic rings. The fourth-order valence-corrected chi connectivity index (χ4v) is 2.70. The molecule has 0 fully saturated rings. The van der Waals surface area contributed by atoms with E-state index in [1.807, 2.05) is 13.8 Å². The summed E-state index contributed by atoms with van der Waals surface area (Å²) in [4.78, 5) is 23.5. The molecule has 28 heavy (non-hydrogen) atoms. The summed E-state index contributed by atoms with van der Waals surface area (Å²) in [6, 6.07) is 12.3. The van der Waals surface area contributed by atoms with Gasteiger partial charge in [0.2, 0.25) is 0 Å². The number of hydrogen-bond acceptors (Lipinski definition) is 5. The number of benzene rings is 2. The van der Waals surface area contributed by atoms with Gasteiger partial charge in [0.25, 0.3) is 5.91 Å². The van der Waals surface area contributed by atoms with E-state index in [9.17, 15) is 14.0 Å². The molecule has 0 unspecified atom stereocenters. The van der Waals surface area contributed by atoms with Crippen LogP contribution < -0.4 is 15.8 Å². The lowest BCUT2D eigenvalue weighted by atomic mass is 10.1. The van der Waals surface area contributed by atoms with Crippen LogP contribution in [0.1, 0.15) is 24.5 Å². The van der Waals surface area contributed by atoms with Gasteiger partial charge in [-0.1, -0.05) is 19.1 Å². The number of aryl methyl sites for hydroxylation is 1. The number of halogens is 1. The first-order valence-corrected chi connectivity index (χ1v) is 8.75. The summed E-state index contributed by atoms with van der Waals surface area (Å²) < 4.78 is 23.6. The van der Waals surface area contributed by atoms with Crippen LogP contribution in [0.2, 0.25) is 0 Å². The van der Waals surface area contributed by atoms with Crippen LogP contribution in [0, 0.1) is 12.7 Å². The molecule has 0 radical (unpaired) electrons. The first-order valence-electron chi connectivity index (χ1n) is 8.75. The minimum Gasteiger partial charge on any atom is -0.484 e. The first-order chi connectivity index (χ1) is 13.5. The average Bonchev–Trinajstić information content (AvgIpc) is 2.67. The topological polar surface area (TPSA) is 80.9 Å². The molecule has 0 aliphatic carbocycles. The summed E-state index contributed by atoms with van der Waals surface area (Å²) in [7, 11) is 0. The van der Waals surface area contributed by atoms with E-state index < -0.39 is 11.5 Å². The first kappa shape index (κ1) is 19.3. The normalized spacial score (nSPS) is 11.5. The molecule has 7 heteroatoms. The second-order valence-electron chi connectivity index (χ2n) is 6.15. The minimum absolute atomic E-state index is 0.258. The van der Waals surface area contributed by atoms with E-state index in [1.54, 1.807) is 30.3 Å². The van der Waals surface area contributed by atoms with Gasteiger partial charge in [-0.05, 0) is 48.7 Å². The van der Waals surface area contributed by atoms with E-state index in [2.05, 4.69) is 10.5 Å². The minimum atomic E-state index is -0.446. The van der Waals surface area contributed by atoms with Crippen molar-refractivity contribution in [2.24, 2.45) is 5.10 Å². The van der Waals surface area contributed by atoms with Crippen molar-refractivity contribution in [3.05, 3.63) is 75.9 Å². The number of hydrazone groups is 1. The molecule has 0 spiro atoms. The van der Waals surface area contributed by atoms with Gasteiger partial charge >= 0.3 is 5.63 Å². The van der Waals surface area contributed by atoms with E-state index in [4.69, 9.17) is 9.15 Å². The van der Waals surface area contributed by atoms with Crippen LogP contribution in [0.4, 0.5) is 4.39 Å². The summed E-state index contributed by atoms with van der Waals surface area (Å²) in [5.74, 6) is -0.383. The number of rotatable bonds is 6. The maximum Gasteiger partial charge on any atom is 0.336 e. The van der Waals surface area contributed by atoms with Crippen LogP contribution in [0.3, 0.4) is 0 Å². The van der Waals surface area contributed by atoms with Gasteiger partial charge in [0.05, 0.1) is 5.71 Å². The zero-order chi connectivity index (χ0) is 20.1. The van der Waals surface area contributed by atoms with Crippen LogP contribution in [0.15, 0.2) is 62.8 Å². The lowest BCUT2D eigenvalue weighted by molar-refractivity contribution is -0.123. The molecule has 0 saturated carbocycles. The SMILES string of the molecule is CC/C(=N/NC(=O)COc1ccc2c(C)cc(=O)oc2c1)c1ccc(F)cc1. The molecule has 6 nitrogen and oxygen atoms in total. The average molecular weight is 382 g/mol. The van der Waals surface area contributed by atoms with Crippen LogP contribution in [0.5, 0.6) is 5.75 Å². The molecule has 0 aliphatic heterocycles. The zero-order valence-corrected chi connectivity index (χ0v) is 15.5. The number of carbonyl (C=O) groups excluding carboxylic acids is 1. The van der Waals surface area contributed by atoms with Gasteiger partial charge in [-0.2, -0.15) is 5.10 Å². The fraction of sp³-hybridized carbons (Fsp3) is 0.190. The molecule has 0 aliphatic rings. The predicted octanol–water partition coefficient (Wildman–Crippen LogP) is 3.55. The lowest BCUT2D eigenvalue weighted by Crippen LogP contribution is -2.26. The Hall–Kier alpha value is -3.48. The number of nitrogens with one attached hydrogen (secondary N) is 1. The molecule has 144 valence electrons. The van der Waals surface area contributed by atoms with Crippen molar-refractivity contribution in [2.45, 2.75) is 20.3 Å². The van der Waals surface area contributed by atoms with Gasteiger partial charge < -0.3 is 9.15 Å². The summed E-state index contributed by atoms with van der Waals surface area (Å²) >= 11 is 0. The summed E-state index contributed by atoms with van der Waals surface area (Å²) in [5, 5.41) is 4.88. The number of carbonyl (C=O) groups is 1. The Morgan fingerprint density at radius 1 is 1.18 bits per heavy atom. The van der Waals surface area contributed by atoms with Crippen LogP contribution >= 0.6 is 0 Å². The Labute approximate surface area is 160 Å². The van der Waals surface area contributed by atoms with Gasteiger partial charge in [0.1, 0.15) is 17.1 Å². The van der Waals surface area contributed by atoms with E-state index in [-0.39, 0.29) is 12.4 Å². The van der Waals surface area contributed by atoms with E-state index in [0.717, 1.165) is 16.5 Å². The third kappa shape index (κ3) is 4.62. The fourth-order valence-electron chi connectivity index (χ4n) is 2.70. The second kappa shape index (κ2) is 8.47. The summed E-state index contributed by atoms with van der Waals surface area (Å²) in [6.07, 6.45) is 0.565. The van der Waals surface area contributed by atoms with Gasteiger partial charge in [0, 0.05) is 17.5 Å². The van der Waals surface area contributed by atoms with Gasteiger partial charge in [-0.15, -0.1) is 0 Å². The quantitative estimate of drug-likeness (QED) is 0.402. The number of nitrogens with zero attached hydrogens (tertiary/aromatic N) is 1. The van der Waals surface area contributed by atoms with Crippen LogP contribution in [-0.2, 0) is 4.79 Å². The Bertz CT molecular complexity index is 1090. The maximum absolute atomic E-state index is 13.0. The highest BCUT2D eigenvalue weighted by atomic mass is 19.1. The second-order valence-corrected chi connectivity index (χ2v) is 6.15. The molecule has 0 saturated heterocycles. The van der Waals surface area contributed by atoms with Crippen molar-refractivity contribution in [2.75, 3.05) is 6.61 Å². The van der Waals surface area contributed by atoms with Crippen molar-refractivity contribution in [3.63, 3.8) is 0 Å². The third-order valence-corrected chi connectivity index (χ3v) is 4.12. The molecule has 3 rings (SSSR count). The number of amides is 1. The van der Waals surface area contributed by atoms with Crippen molar-refractivity contribution in [1.29, 1.82) is 0 Å². The van der Waals surface area contributed by atoms with E-state index in [0.29, 0.717) is 23.5 Å². The van der Waals surface area contributed by atoms with Gasteiger partial charge in [-0.3, -0.25) is 4.79 Å². The Balaban J connectivity index is 1.64. The highest BCUT2D eigenvalue weighted by Gasteiger charge is 2.07. The van der Waals surface area contributed by atoms with Crippen molar-refractivity contribution >= 4 is 22.6 Å². The molecule has 1 aromatic heterocycles. The molecule has 2 aromatic carbocycles. The number of fused-ring (bicyclic) bond motifs is 1. The van der Waals surface area contributed by atoms with E-state index in [1.165, 1.54) is 18.2 Å². The van der Waals surface area contributed by atoms with Gasteiger partial charge in [-0.25, -0.2) is 14.6 Å². The standard InChI is InChI=1S/C21H19FN2O4/c1-3-18(14-4-6-15(22)7-5-14)23-24-20(25)12-27-16-8-9-17-13(2)10-21(26)28-19(17)11-16/h4-11H,3,12H2,1-2H3,(H,24,25)/b23-18-. The monoisotopic (exact) mass is 382 g/mol. The predicted molar refractivity (Wildman–Crippen MR) is 104 cm³/mol. The molecular formula is C21H19FN2O4. The largest absolute Gasteiger partial charge is 0.484 e. The smallest absolute Gasteiger partial charge is 0.336 e. The van der Waals surface area contributed by atoms with Crippen LogP contribution in [0.25, 0.3) is 11.0 Å². The maximum atomic E-state index is 13.0. The third-order valence-electron chi connectivity index (χ3n) is 4.12. The number of ether oxygens (including phenoxy) is 1. The van der Waals surface area contributed by atoms with Crippen LogP contribution in [-0.4, -0.2) is 18.2 Å². The van der Waals surface area contributed by atoms with Crippen molar-refractivity contribution in [3.8, 4) is 5.75 Å². The molecule has 1 heterocycles. The molecule has 0 atom stereocenters.